The lowest BCUT2D eigenvalue weighted by Gasteiger charge is -2.40. The van der Waals surface area contributed by atoms with Crippen LogP contribution < -0.4 is 16.0 Å². The SMILES string of the molecule is C[C@@H]1[C@H](CC(=O)c2ccc(C3CC3)cc2F)CCCN1c1cnc(C(N)=O)c(Nc2cc(CN3CCCCC3)ns2)n1. The second-order valence-electron chi connectivity index (χ2n) is 11.9. The molecule has 0 spiro atoms. The maximum Gasteiger partial charge on any atom is 0.271 e. The maximum atomic E-state index is 14.8. The molecule has 42 heavy (non-hydrogen) atoms. The molecule has 3 fully saturated rings. The zero-order valence-corrected chi connectivity index (χ0v) is 24.8. The van der Waals surface area contributed by atoms with E-state index in [0.29, 0.717) is 11.7 Å². The molecule has 3 N–H and O–H groups in total. The number of halogens is 1. The number of nitrogens with two attached hydrogens (primary N) is 1. The number of carbonyl (C=O) groups is 2. The van der Waals surface area contributed by atoms with Crippen molar-refractivity contribution in [2.45, 2.75) is 76.8 Å². The molecule has 2 saturated heterocycles. The number of Topliss-reactive ketones (excluding diaryl/α,β-unsaturated/α-hetero) is 1. The lowest BCUT2D eigenvalue weighted by Crippen LogP contribution is -2.44. The number of rotatable bonds is 10. The first-order valence-electron chi connectivity index (χ1n) is 15.1. The van der Waals surface area contributed by atoms with Crippen LogP contribution in [0, 0.1) is 11.7 Å². The summed E-state index contributed by atoms with van der Waals surface area (Å²) >= 11 is 1.32. The predicted molar refractivity (Wildman–Crippen MR) is 162 cm³/mol. The average Bonchev–Trinajstić information content (AvgIpc) is 3.75. The zero-order valence-electron chi connectivity index (χ0n) is 24.0. The monoisotopic (exact) mass is 591 g/mol. The second-order valence-corrected chi connectivity index (χ2v) is 12.7. The van der Waals surface area contributed by atoms with Crippen molar-refractivity contribution in [2.24, 2.45) is 11.7 Å². The van der Waals surface area contributed by atoms with Gasteiger partial charge in [0.25, 0.3) is 5.91 Å². The Balaban J connectivity index is 1.15. The van der Waals surface area contributed by atoms with Crippen molar-refractivity contribution in [1.82, 2.24) is 19.2 Å². The Labute approximate surface area is 249 Å². The largest absolute Gasteiger partial charge is 0.364 e. The fourth-order valence-electron chi connectivity index (χ4n) is 6.29. The number of anilines is 3. The van der Waals surface area contributed by atoms with Gasteiger partial charge in [0.2, 0.25) is 0 Å². The van der Waals surface area contributed by atoms with Crippen molar-refractivity contribution >= 4 is 39.9 Å². The van der Waals surface area contributed by atoms with Crippen LogP contribution in [0.15, 0.2) is 30.5 Å². The van der Waals surface area contributed by atoms with Crippen molar-refractivity contribution in [3.05, 3.63) is 58.8 Å². The molecule has 1 saturated carbocycles. The van der Waals surface area contributed by atoms with Gasteiger partial charge < -0.3 is 16.0 Å². The summed E-state index contributed by atoms with van der Waals surface area (Å²) < 4.78 is 19.4. The number of nitrogens with one attached hydrogen (secondary N) is 1. The number of ketones is 1. The van der Waals surface area contributed by atoms with Gasteiger partial charge in [0.15, 0.2) is 17.3 Å². The molecule has 2 aliphatic heterocycles. The summed E-state index contributed by atoms with van der Waals surface area (Å²) in [6, 6.07) is 7.04. The van der Waals surface area contributed by atoms with Crippen molar-refractivity contribution in [3.8, 4) is 0 Å². The molecule has 4 heterocycles. The number of hydrogen-bond acceptors (Lipinski definition) is 9. The van der Waals surface area contributed by atoms with Gasteiger partial charge in [-0.1, -0.05) is 12.5 Å². The fourth-order valence-corrected chi connectivity index (χ4v) is 6.95. The molecule has 1 aromatic carbocycles. The molecule has 6 rings (SSSR count). The molecule has 3 aromatic rings. The van der Waals surface area contributed by atoms with Gasteiger partial charge in [-0.05, 0) is 106 Å². The van der Waals surface area contributed by atoms with E-state index in [2.05, 4.69) is 31.4 Å². The highest BCUT2D eigenvalue weighted by atomic mass is 32.1. The summed E-state index contributed by atoms with van der Waals surface area (Å²) in [5.74, 6) is 0.101. The van der Waals surface area contributed by atoms with E-state index in [-0.39, 0.29) is 41.2 Å². The van der Waals surface area contributed by atoms with Crippen LogP contribution in [0.1, 0.15) is 96.3 Å². The van der Waals surface area contributed by atoms with Gasteiger partial charge in [-0.15, -0.1) is 0 Å². The Kier molecular flexibility index (Phi) is 8.48. The Morgan fingerprint density at radius 2 is 1.90 bits per heavy atom. The molecule has 1 amide bonds. The summed E-state index contributed by atoms with van der Waals surface area (Å²) in [6.07, 6.45) is 9.45. The highest BCUT2D eigenvalue weighted by Crippen LogP contribution is 2.40. The van der Waals surface area contributed by atoms with Gasteiger partial charge in [0.1, 0.15) is 16.6 Å². The van der Waals surface area contributed by atoms with Gasteiger partial charge in [-0.2, -0.15) is 4.37 Å². The van der Waals surface area contributed by atoms with Crippen molar-refractivity contribution in [3.63, 3.8) is 0 Å². The summed E-state index contributed by atoms with van der Waals surface area (Å²) in [5, 5.41) is 4.00. The first-order chi connectivity index (χ1) is 20.4. The quantitative estimate of drug-likeness (QED) is 0.290. The van der Waals surface area contributed by atoms with Gasteiger partial charge >= 0.3 is 0 Å². The van der Waals surface area contributed by atoms with Gasteiger partial charge in [-0.3, -0.25) is 14.5 Å². The second kappa shape index (κ2) is 12.4. The molecule has 222 valence electrons. The van der Waals surface area contributed by atoms with E-state index in [1.165, 1.54) is 36.9 Å². The maximum absolute atomic E-state index is 14.8. The minimum absolute atomic E-state index is 0.0293. The summed E-state index contributed by atoms with van der Waals surface area (Å²) in [4.78, 5) is 39.1. The van der Waals surface area contributed by atoms with Gasteiger partial charge in [-0.25, -0.2) is 14.4 Å². The third kappa shape index (κ3) is 6.47. The normalized spacial score (nSPS) is 21.3. The minimum Gasteiger partial charge on any atom is -0.364 e. The smallest absolute Gasteiger partial charge is 0.271 e. The van der Waals surface area contributed by atoms with Crippen LogP contribution in [0.25, 0.3) is 0 Å². The zero-order chi connectivity index (χ0) is 29.2. The number of primary amides is 1. The molecule has 9 nitrogen and oxygen atoms in total. The number of hydrogen-bond donors (Lipinski definition) is 2. The van der Waals surface area contributed by atoms with Crippen LogP contribution in [-0.4, -0.2) is 56.6 Å². The fraction of sp³-hybridized carbons (Fsp3) is 0.516. The average molecular weight is 592 g/mol. The van der Waals surface area contributed by atoms with E-state index in [9.17, 15) is 14.0 Å². The predicted octanol–water partition coefficient (Wildman–Crippen LogP) is 5.66. The van der Waals surface area contributed by atoms with Crippen LogP contribution in [0.2, 0.25) is 0 Å². The van der Waals surface area contributed by atoms with Crippen LogP contribution in [-0.2, 0) is 6.54 Å². The lowest BCUT2D eigenvalue weighted by molar-refractivity contribution is 0.0940. The van der Waals surface area contributed by atoms with Crippen LogP contribution in [0.4, 0.5) is 21.0 Å². The van der Waals surface area contributed by atoms with Crippen LogP contribution in [0.5, 0.6) is 0 Å². The first-order valence-corrected chi connectivity index (χ1v) is 15.8. The number of benzene rings is 1. The Bertz CT molecular complexity index is 1450. The topological polar surface area (TPSA) is 117 Å². The summed E-state index contributed by atoms with van der Waals surface area (Å²) in [5.41, 5.74) is 7.84. The third-order valence-corrected chi connectivity index (χ3v) is 9.60. The summed E-state index contributed by atoms with van der Waals surface area (Å²) in [6.45, 7) is 5.77. The number of likely N-dealkylation sites (tertiary alicyclic amines) is 1. The first kappa shape index (κ1) is 28.7. The van der Waals surface area contributed by atoms with Crippen molar-refractivity contribution in [2.75, 3.05) is 29.9 Å². The van der Waals surface area contributed by atoms with Gasteiger partial charge in [0, 0.05) is 25.6 Å². The molecular formula is C31H38FN7O2S. The molecule has 11 heteroatoms. The van der Waals surface area contributed by atoms with E-state index in [1.807, 2.05) is 12.1 Å². The number of piperidine rings is 2. The van der Waals surface area contributed by atoms with E-state index < -0.39 is 11.7 Å². The molecule has 2 aromatic heterocycles. The summed E-state index contributed by atoms with van der Waals surface area (Å²) in [7, 11) is 0. The van der Waals surface area contributed by atoms with Gasteiger partial charge in [0.05, 0.1) is 17.5 Å². The van der Waals surface area contributed by atoms with E-state index >= 15 is 0 Å². The highest BCUT2D eigenvalue weighted by molar-refractivity contribution is 7.10. The number of nitrogens with zero attached hydrogens (tertiary/aromatic N) is 5. The Morgan fingerprint density at radius 1 is 1.10 bits per heavy atom. The van der Waals surface area contributed by atoms with Crippen LogP contribution >= 0.6 is 11.5 Å². The highest BCUT2D eigenvalue weighted by Gasteiger charge is 2.32. The van der Waals surface area contributed by atoms with E-state index in [4.69, 9.17) is 10.7 Å². The van der Waals surface area contributed by atoms with Crippen molar-refractivity contribution in [1.29, 1.82) is 0 Å². The molecule has 0 radical (unpaired) electrons. The molecule has 3 aliphatic rings. The number of amides is 1. The van der Waals surface area contributed by atoms with E-state index in [1.54, 1.807) is 12.3 Å². The van der Waals surface area contributed by atoms with Crippen LogP contribution in [0.3, 0.4) is 0 Å². The molecule has 0 bridgehead atoms. The number of carbonyl (C=O) groups excluding carboxylic acids is 2. The molecule has 0 unspecified atom stereocenters. The molecule has 2 atom stereocenters. The van der Waals surface area contributed by atoms with E-state index in [0.717, 1.165) is 68.1 Å². The molecule has 1 aliphatic carbocycles. The number of aromatic nitrogens is 3. The Morgan fingerprint density at radius 3 is 2.64 bits per heavy atom. The third-order valence-electron chi connectivity index (χ3n) is 8.86. The van der Waals surface area contributed by atoms with Crippen molar-refractivity contribution < 1.29 is 14.0 Å². The standard InChI is InChI=1S/C31H38FN7O2S/c1-19-21(15-26(40)24-10-9-22(14-25(24)32)20-7-8-20)6-5-13-39(19)27-17-34-29(30(33)41)31(35-27)36-28-16-23(37-42-28)18-38-11-3-2-4-12-38/h9-10,14,16-17,19-21H,2-8,11-13,15,18H2,1H3,(H2,33,41)(H,35,36)/t19-,21+/m1/s1. The Hall–Kier alpha value is -3.44. The molecular weight excluding hydrogens is 553 g/mol. The lowest BCUT2D eigenvalue weighted by atomic mass is 9.84. The minimum atomic E-state index is -0.667.